The summed E-state index contributed by atoms with van der Waals surface area (Å²) in [6.45, 7) is 1.92. The van der Waals surface area contributed by atoms with Crippen molar-refractivity contribution in [3.05, 3.63) is 66.1 Å². The van der Waals surface area contributed by atoms with Crippen molar-refractivity contribution < 1.29 is 13.6 Å². The first kappa shape index (κ1) is 15.9. The Morgan fingerprint density at radius 2 is 2.00 bits per heavy atom. The first-order valence-corrected chi connectivity index (χ1v) is 7.54. The molecule has 0 saturated heterocycles. The predicted molar refractivity (Wildman–Crippen MR) is 87.8 cm³/mol. The Hall–Kier alpha value is -3.02. The highest BCUT2D eigenvalue weighted by atomic mass is 19.1. The molecule has 0 unspecified atom stereocenters. The lowest BCUT2D eigenvalue weighted by Gasteiger charge is -2.03. The molecule has 24 heavy (non-hydrogen) atoms. The third kappa shape index (κ3) is 3.84. The molecule has 0 spiro atoms. The van der Waals surface area contributed by atoms with E-state index in [4.69, 9.17) is 4.42 Å². The number of hydrogen-bond acceptors (Lipinski definition) is 4. The average Bonchev–Trinajstić information content (AvgIpc) is 3.04. The zero-order valence-corrected chi connectivity index (χ0v) is 13.1. The van der Waals surface area contributed by atoms with E-state index >= 15 is 0 Å². The van der Waals surface area contributed by atoms with Crippen LogP contribution in [0.4, 0.5) is 10.2 Å². The molecule has 0 aliphatic carbocycles. The van der Waals surface area contributed by atoms with Gasteiger partial charge in [0.25, 0.3) is 0 Å². The second kappa shape index (κ2) is 7.04. The van der Waals surface area contributed by atoms with Gasteiger partial charge in [0, 0.05) is 19.0 Å². The van der Waals surface area contributed by atoms with Gasteiger partial charge in [-0.1, -0.05) is 18.2 Å². The Kier molecular flexibility index (Phi) is 4.65. The van der Waals surface area contributed by atoms with Gasteiger partial charge in [-0.3, -0.25) is 4.79 Å². The number of pyridine rings is 1. The highest BCUT2D eigenvalue weighted by Crippen LogP contribution is 2.23. The third-order valence-corrected chi connectivity index (χ3v) is 3.44. The normalized spacial score (nSPS) is 10.6. The zero-order valence-electron chi connectivity index (χ0n) is 13.1. The number of nitrogens with zero attached hydrogens (tertiary/aromatic N) is 2. The second-order valence-corrected chi connectivity index (χ2v) is 5.37. The largest absolute Gasteiger partial charge is 0.441 e. The maximum Gasteiger partial charge on any atom is 0.226 e. The number of carbonyl (C=O) groups is 1. The smallest absolute Gasteiger partial charge is 0.226 e. The molecule has 3 aromatic rings. The van der Waals surface area contributed by atoms with Crippen LogP contribution in [0.1, 0.15) is 17.9 Å². The van der Waals surface area contributed by atoms with Crippen molar-refractivity contribution in [1.29, 1.82) is 0 Å². The molecule has 1 N–H and O–H groups in total. The molecule has 1 amide bonds. The number of carbonyl (C=O) groups excluding carboxylic acids is 1. The van der Waals surface area contributed by atoms with Gasteiger partial charge in [-0.05, 0) is 30.7 Å². The van der Waals surface area contributed by atoms with Gasteiger partial charge in [0.15, 0.2) is 11.7 Å². The highest BCUT2D eigenvalue weighted by Gasteiger charge is 2.12. The van der Waals surface area contributed by atoms with Crippen LogP contribution in [0.3, 0.4) is 0 Å². The van der Waals surface area contributed by atoms with Crippen molar-refractivity contribution in [3.8, 4) is 11.3 Å². The van der Waals surface area contributed by atoms with Crippen molar-refractivity contribution in [2.75, 3.05) is 5.32 Å². The first-order valence-electron chi connectivity index (χ1n) is 7.54. The lowest BCUT2D eigenvalue weighted by molar-refractivity contribution is -0.116. The number of amides is 1. The summed E-state index contributed by atoms with van der Waals surface area (Å²) in [7, 11) is 0. The van der Waals surface area contributed by atoms with Crippen molar-refractivity contribution >= 4 is 11.7 Å². The van der Waals surface area contributed by atoms with E-state index in [1.165, 1.54) is 12.3 Å². The summed E-state index contributed by atoms with van der Waals surface area (Å²) < 4.78 is 19.2. The number of aryl methyl sites for hydroxylation is 2. The molecule has 2 heterocycles. The van der Waals surface area contributed by atoms with E-state index in [9.17, 15) is 9.18 Å². The molecule has 0 atom stereocenters. The molecule has 0 bridgehead atoms. The SMILES string of the molecule is Cc1ccc(NC(=O)CCc2ncc(-c3ccccc3F)o2)nc1. The van der Waals surface area contributed by atoms with Crippen LogP contribution in [-0.4, -0.2) is 15.9 Å². The lowest BCUT2D eigenvalue weighted by atomic mass is 10.2. The summed E-state index contributed by atoms with van der Waals surface area (Å²) in [6.07, 6.45) is 3.68. The van der Waals surface area contributed by atoms with Gasteiger partial charge in [0.05, 0.1) is 11.8 Å². The van der Waals surface area contributed by atoms with Crippen LogP contribution in [0.15, 0.2) is 53.2 Å². The zero-order chi connectivity index (χ0) is 16.9. The Morgan fingerprint density at radius 1 is 1.17 bits per heavy atom. The van der Waals surface area contributed by atoms with Crippen LogP contribution >= 0.6 is 0 Å². The number of nitrogens with one attached hydrogen (secondary N) is 1. The van der Waals surface area contributed by atoms with Crippen LogP contribution in [-0.2, 0) is 11.2 Å². The quantitative estimate of drug-likeness (QED) is 0.775. The van der Waals surface area contributed by atoms with E-state index < -0.39 is 0 Å². The van der Waals surface area contributed by atoms with Crippen LogP contribution in [0.5, 0.6) is 0 Å². The predicted octanol–water partition coefficient (Wildman–Crippen LogP) is 3.76. The van der Waals surface area contributed by atoms with E-state index in [0.29, 0.717) is 29.5 Å². The molecule has 3 rings (SSSR count). The number of anilines is 1. The fourth-order valence-electron chi connectivity index (χ4n) is 2.18. The van der Waals surface area contributed by atoms with Gasteiger partial charge in [-0.2, -0.15) is 0 Å². The van der Waals surface area contributed by atoms with Crippen molar-refractivity contribution in [3.63, 3.8) is 0 Å². The fourth-order valence-corrected chi connectivity index (χ4v) is 2.18. The van der Waals surface area contributed by atoms with E-state index in [0.717, 1.165) is 5.56 Å². The molecule has 5 nitrogen and oxygen atoms in total. The van der Waals surface area contributed by atoms with Gasteiger partial charge in [0.2, 0.25) is 5.91 Å². The monoisotopic (exact) mass is 325 g/mol. The summed E-state index contributed by atoms with van der Waals surface area (Å²) in [6, 6.07) is 9.93. The molecule has 2 aromatic heterocycles. The van der Waals surface area contributed by atoms with E-state index in [1.807, 2.05) is 13.0 Å². The molecule has 6 heteroatoms. The number of hydrogen-bond donors (Lipinski definition) is 1. The number of rotatable bonds is 5. The molecular weight excluding hydrogens is 309 g/mol. The van der Waals surface area contributed by atoms with Crippen molar-refractivity contribution in [2.24, 2.45) is 0 Å². The minimum Gasteiger partial charge on any atom is -0.441 e. The topological polar surface area (TPSA) is 68.0 Å². The van der Waals surface area contributed by atoms with Gasteiger partial charge in [-0.15, -0.1) is 0 Å². The molecule has 0 aliphatic rings. The molecule has 122 valence electrons. The summed E-state index contributed by atoms with van der Waals surface area (Å²) in [5, 5.41) is 2.71. The summed E-state index contributed by atoms with van der Waals surface area (Å²) in [5.74, 6) is 0.689. The molecule has 1 aromatic carbocycles. The minimum absolute atomic E-state index is 0.183. The molecule has 0 saturated carbocycles. The average molecular weight is 325 g/mol. The number of halogens is 1. The van der Waals surface area contributed by atoms with E-state index in [-0.39, 0.29) is 18.1 Å². The number of oxazole rings is 1. The summed E-state index contributed by atoms with van der Waals surface area (Å²) in [4.78, 5) is 20.1. The van der Waals surface area contributed by atoms with Gasteiger partial charge >= 0.3 is 0 Å². The molecule has 0 fully saturated rings. The second-order valence-electron chi connectivity index (χ2n) is 5.37. The Balaban J connectivity index is 1.58. The first-order chi connectivity index (χ1) is 11.6. The van der Waals surface area contributed by atoms with Crippen molar-refractivity contribution in [1.82, 2.24) is 9.97 Å². The fraction of sp³-hybridized carbons (Fsp3) is 0.167. The van der Waals surface area contributed by atoms with Crippen LogP contribution in [0.25, 0.3) is 11.3 Å². The van der Waals surface area contributed by atoms with Crippen LogP contribution in [0, 0.1) is 12.7 Å². The van der Waals surface area contributed by atoms with Crippen LogP contribution < -0.4 is 5.32 Å². The number of aromatic nitrogens is 2. The molecule has 0 radical (unpaired) electrons. The van der Waals surface area contributed by atoms with Gasteiger partial charge in [0.1, 0.15) is 11.6 Å². The molecular formula is C18H16FN3O2. The maximum atomic E-state index is 13.7. The van der Waals surface area contributed by atoms with Crippen LogP contribution in [0.2, 0.25) is 0 Å². The van der Waals surface area contributed by atoms with Gasteiger partial charge < -0.3 is 9.73 Å². The van der Waals surface area contributed by atoms with E-state index in [2.05, 4.69) is 15.3 Å². The highest BCUT2D eigenvalue weighted by molar-refractivity contribution is 5.89. The lowest BCUT2D eigenvalue weighted by Crippen LogP contribution is -2.13. The van der Waals surface area contributed by atoms with E-state index in [1.54, 1.807) is 30.5 Å². The van der Waals surface area contributed by atoms with Crippen molar-refractivity contribution in [2.45, 2.75) is 19.8 Å². The Morgan fingerprint density at radius 3 is 2.75 bits per heavy atom. The minimum atomic E-state index is -0.372. The maximum absolute atomic E-state index is 13.7. The molecule has 0 aliphatic heterocycles. The summed E-state index contributed by atoms with van der Waals surface area (Å²) >= 11 is 0. The van der Waals surface area contributed by atoms with Gasteiger partial charge in [-0.25, -0.2) is 14.4 Å². The summed E-state index contributed by atoms with van der Waals surface area (Å²) in [5.41, 5.74) is 1.37. The standard InChI is InChI=1S/C18H16FN3O2/c1-12-6-7-16(20-10-12)22-17(23)8-9-18-21-11-15(24-18)13-4-2-3-5-14(13)19/h2-7,10-11H,8-9H2,1H3,(H,20,22,23). The number of benzene rings is 1. The Bertz CT molecular complexity index is 843. The Labute approximate surface area is 138 Å². The third-order valence-electron chi connectivity index (χ3n) is 3.44.